The van der Waals surface area contributed by atoms with E-state index in [9.17, 15) is 9.59 Å². The topological polar surface area (TPSA) is 65.5 Å². The Morgan fingerprint density at radius 2 is 1.68 bits per heavy atom. The molecule has 2 amide bonds. The molecular formula is C16H24N4O2. The molecule has 0 radical (unpaired) electrons. The van der Waals surface area contributed by atoms with Crippen molar-refractivity contribution in [2.24, 2.45) is 0 Å². The fourth-order valence-corrected chi connectivity index (χ4v) is 2.41. The Morgan fingerprint density at radius 3 is 2.14 bits per heavy atom. The molecule has 2 heterocycles. The van der Waals surface area contributed by atoms with Gasteiger partial charge in [-0.15, -0.1) is 0 Å². The summed E-state index contributed by atoms with van der Waals surface area (Å²) in [7, 11) is 0. The van der Waals surface area contributed by atoms with Crippen LogP contribution >= 0.6 is 0 Å². The number of hydrogen-bond donors (Lipinski definition) is 1. The standard InChI is InChI=1S/C16H24N4O2/c1-12(21)19-7-9-20(10-8-19)15(22)14-6-5-13(11-17-14)18-16(2,3)4/h5-6,11,18H,7-10H2,1-4H3. The van der Waals surface area contributed by atoms with Crippen molar-refractivity contribution >= 4 is 17.5 Å². The van der Waals surface area contributed by atoms with E-state index in [2.05, 4.69) is 31.1 Å². The van der Waals surface area contributed by atoms with Crippen molar-refractivity contribution in [3.63, 3.8) is 0 Å². The summed E-state index contributed by atoms with van der Waals surface area (Å²) in [5, 5.41) is 3.31. The predicted molar refractivity (Wildman–Crippen MR) is 85.8 cm³/mol. The molecule has 6 nitrogen and oxygen atoms in total. The molecular weight excluding hydrogens is 280 g/mol. The maximum Gasteiger partial charge on any atom is 0.272 e. The van der Waals surface area contributed by atoms with Crippen molar-refractivity contribution in [2.75, 3.05) is 31.5 Å². The Hall–Kier alpha value is -2.11. The summed E-state index contributed by atoms with van der Waals surface area (Å²) < 4.78 is 0. The van der Waals surface area contributed by atoms with Gasteiger partial charge in [-0.05, 0) is 32.9 Å². The average Bonchev–Trinajstić information content (AvgIpc) is 2.46. The van der Waals surface area contributed by atoms with Crippen molar-refractivity contribution in [3.05, 3.63) is 24.0 Å². The van der Waals surface area contributed by atoms with Crippen LogP contribution in [0.3, 0.4) is 0 Å². The van der Waals surface area contributed by atoms with Crippen molar-refractivity contribution in [2.45, 2.75) is 33.2 Å². The zero-order valence-corrected chi connectivity index (χ0v) is 13.7. The van der Waals surface area contributed by atoms with Crippen LogP contribution in [0.1, 0.15) is 38.2 Å². The molecule has 1 aliphatic heterocycles. The molecule has 0 aliphatic carbocycles. The highest BCUT2D eigenvalue weighted by atomic mass is 16.2. The molecule has 120 valence electrons. The first-order valence-corrected chi connectivity index (χ1v) is 7.55. The molecule has 2 rings (SSSR count). The minimum Gasteiger partial charge on any atom is -0.379 e. The lowest BCUT2D eigenvalue weighted by molar-refractivity contribution is -0.130. The third kappa shape index (κ3) is 4.19. The Morgan fingerprint density at radius 1 is 1.09 bits per heavy atom. The number of hydrogen-bond acceptors (Lipinski definition) is 4. The fourth-order valence-electron chi connectivity index (χ4n) is 2.41. The van der Waals surface area contributed by atoms with Crippen LogP contribution in [0.5, 0.6) is 0 Å². The van der Waals surface area contributed by atoms with Crippen LogP contribution in [0.25, 0.3) is 0 Å². The predicted octanol–water partition coefficient (Wildman–Crippen LogP) is 1.60. The average molecular weight is 304 g/mol. The number of carbonyl (C=O) groups is 2. The molecule has 1 aromatic heterocycles. The SMILES string of the molecule is CC(=O)N1CCN(C(=O)c2ccc(NC(C)(C)C)cn2)CC1. The number of amides is 2. The number of carbonyl (C=O) groups excluding carboxylic acids is 2. The molecule has 0 spiro atoms. The zero-order valence-electron chi connectivity index (χ0n) is 13.7. The summed E-state index contributed by atoms with van der Waals surface area (Å²) in [5.74, 6) is -0.0201. The first-order chi connectivity index (χ1) is 10.3. The van der Waals surface area contributed by atoms with Gasteiger partial charge in [0.05, 0.1) is 11.9 Å². The highest BCUT2D eigenvalue weighted by molar-refractivity contribution is 5.92. The van der Waals surface area contributed by atoms with Crippen LogP contribution in [0.15, 0.2) is 18.3 Å². The van der Waals surface area contributed by atoms with Gasteiger partial charge >= 0.3 is 0 Å². The van der Waals surface area contributed by atoms with Crippen LogP contribution in [0, 0.1) is 0 Å². The molecule has 0 saturated carbocycles. The quantitative estimate of drug-likeness (QED) is 0.901. The van der Waals surface area contributed by atoms with Gasteiger partial charge in [0, 0.05) is 38.6 Å². The van der Waals surface area contributed by atoms with E-state index in [0.29, 0.717) is 31.9 Å². The Bertz CT molecular complexity index is 540. The maximum atomic E-state index is 12.4. The third-order valence-electron chi connectivity index (χ3n) is 3.51. The number of aromatic nitrogens is 1. The van der Waals surface area contributed by atoms with E-state index in [1.54, 1.807) is 29.0 Å². The van der Waals surface area contributed by atoms with Crippen LogP contribution in [-0.2, 0) is 4.79 Å². The molecule has 6 heteroatoms. The molecule has 0 bridgehead atoms. The van der Waals surface area contributed by atoms with Gasteiger partial charge in [-0.2, -0.15) is 0 Å². The van der Waals surface area contributed by atoms with Gasteiger partial charge < -0.3 is 15.1 Å². The normalized spacial score (nSPS) is 15.6. The monoisotopic (exact) mass is 304 g/mol. The van der Waals surface area contributed by atoms with Crippen molar-refractivity contribution in [3.8, 4) is 0 Å². The number of piperazine rings is 1. The number of nitrogens with one attached hydrogen (secondary N) is 1. The largest absolute Gasteiger partial charge is 0.379 e. The summed E-state index contributed by atoms with van der Waals surface area (Å²) in [6.07, 6.45) is 1.68. The smallest absolute Gasteiger partial charge is 0.272 e. The molecule has 1 aliphatic rings. The second kappa shape index (κ2) is 6.34. The van der Waals surface area contributed by atoms with Gasteiger partial charge in [0.15, 0.2) is 0 Å². The van der Waals surface area contributed by atoms with Gasteiger partial charge in [0.2, 0.25) is 5.91 Å². The lowest BCUT2D eigenvalue weighted by atomic mass is 10.1. The summed E-state index contributed by atoms with van der Waals surface area (Å²) in [5.41, 5.74) is 1.29. The van der Waals surface area contributed by atoms with Crippen molar-refractivity contribution in [1.82, 2.24) is 14.8 Å². The van der Waals surface area contributed by atoms with Crippen molar-refractivity contribution in [1.29, 1.82) is 0 Å². The minimum absolute atomic E-state index is 0.0454. The molecule has 1 saturated heterocycles. The number of nitrogens with zero attached hydrogens (tertiary/aromatic N) is 3. The summed E-state index contributed by atoms with van der Waals surface area (Å²) in [6, 6.07) is 3.62. The summed E-state index contributed by atoms with van der Waals surface area (Å²) in [6.45, 7) is 10.1. The first-order valence-electron chi connectivity index (χ1n) is 7.55. The van der Waals surface area contributed by atoms with Gasteiger partial charge in [0.1, 0.15) is 5.69 Å². The van der Waals surface area contributed by atoms with E-state index >= 15 is 0 Å². The van der Waals surface area contributed by atoms with E-state index in [1.165, 1.54) is 0 Å². The highest BCUT2D eigenvalue weighted by Crippen LogP contribution is 2.15. The number of pyridine rings is 1. The minimum atomic E-state index is -0.0782. The van der Waals surface area contributed by atoms with Crippen LogP contribution in [0.4, 0.5) is 5.69 Å². The lowest BCUT2D eigenvalue weighted by Gasteiger charge is -2.34. The van der Waals surface area contributed by atoms with E-state index in [1.807, 2.05) is 6.07 Å². The van der Waals surface area contributed by atoms with E-state index in [4.69, 9.17) is 0 Å². The molecule has 1 N–H and O–H groups in total. The van der Waals surface area contributed by atoms with E-state index in [0.717, 1.165) is 5.69 Å². The maximum absolute atomic E-state index is 12.4. The number of anilines is 1. The second-order valence-electron chi connectivity index (χ2n) is 6.61. The highest BCUT2D eigenvalue weighted by Gasteiger charge is 2.24. The fraction of sp³-hybridized carbons (Fsp3) is 0.562. The molecule has 1 aromatic rings. The molecule has 0 aromatic carbocycles. The number of rotatable bonds is 2. The zero-order chi connectivity index (χ0) is 16.3. The Labute approximate surface area is 131 Å². The van der Waals surface area contributed by atoms with Gasteiger partial charge in [0.25, 0.3) is 5.91 Å². The molecule has 0 unspecified atom stereocenters. The van der Waals surface area contributed by atoms with Gasteiger partial charge in [-0.1, -0.05) is 0 Å². The third-order valence-corrected chi connectivity index (χ3v) is 3.51. The summed E-state index contributed by atoms with van der Waals surface area (Å²) in [4.78, 5) is 31.5. The summed E-state index contributed by atoms with van der Waals surface area (Å²) >= 11 is 0. The van der Waals surface area contributed by atoms with Gasteiger partial charge in [-0.3, -0.25) is 9.59 Å². The lowest BCUT2D eigenvalue weighted by Crippen LogP contribution is -2.50. The Kier molecular flexibility index (Phi) is 4.68. The van der Waals surface area contributed by atoms with Crippen LogP contribution in [-0.4, -0.2) is 58.3 Å². The van der Waals surface area contributed by atoms with Crippen LogP contribution < -0.4 is 5.32 Å². The molecule has 1 fully saturated rings. The van der Waals surface area contributed by atoms with E-state index in [-0.39, 0.29) is 17.4 Å². The molecule has 22 heavy (non-hydrogen) atoms. The Balaban J connectivity index is 1.97. The second-order valence-corrected chi connectivity index (χ2v) is 6.61. The van der Waals surface area contributed by atoms with E-state index < -0.39 is 0 Å². The van der Waals surface area contributed by atoms with Crippen LogP contribution in [0.2, 0.25) is 0 Å². The molecule has 0 atom stereocenters. The van der Waals surface area contributed by atoms with Gasteiger partial charge in [-0.25, -0.2) is 4.98 Å². The van der Waals surface area contributed by atoms with Crippen molar-refractivity contribution < 1.29 is 9.59 Å². The first kappa shape index (κ1) is 16.3.